The molecule has 0 aromatic heterocycles. The second kappa shape index (κ2) is 4.74. The first-order chi connectivity index (χ1) is 10.3. The molecule has 21 heavy (non-hydrogen) atoms. The van der Waals surface area contributed by atoms with E-state index in [2.05, 4.69) is 54.6 Å². The standard InChI is InChI=1S/C19H15NO/c21-19-11-12-20(19)18-9-7-15(8-10-18)17-6-5-14-3-1-2-4-16(14)13-17/h1-10,13H,11-12H2. The highest BCUT2D eigenvalue weighted by atomic mass is 16.2. The molecule has 1 amide bonds. The third-order valence-electron chi connectivity index (χ3n) is 4.11. The van der Waals surface area contributed by atoms with Gasteiger partial charge in [-0.3, -0.25) is 4.79 Å². The maximum absolute atomic E-state index is 11.5. The molecule has 0 unspecified atom stereocenters. The molecular weight excluding hydrogens is 258 g/mol. The molecule has 2 nitrogen and oxygen atoms in total. The summed E-state index contributed by atoms with van der Waals surface area (Å²) in [6, 6.07) is 23.1. The molecule has 0 radical (unpaired) electrons. The summed E-state index contributed by atoms with van der Waals surface area (Å²) in [5.41, 5.74) is 3.38. The number of rotatable bonds is 2. The van der Waals surface area contributed by atoms with Crippen molar-refractivity contribution >= 4 is 22.4 Å². The van der Waals surface area contributed by atoms with E-state index in [0.717, 1.165) is 12.2 Å². The Morgan fingerprint density at radius 3 is 2.14 bits per heavy atom. The van der Waals surface area contributed by atoms with Crippen molar-refractivity contribution < 1.29 is 4.79 Å². The summed E-state index contributed by atoms with van der Waals surface area (Å²) in [6.07, 6.45) is 0.673. The van der Waals surface area contributed by atoms with Gasteiger partial charge in [-0.05, 0) is 40.1 Å². The van der Waals surface area contributed by atoms with Crippen LogP contribution in [0, 0.1) is 0 Å². The first-order valence-electron chi connectivity index (χ1n) is 7.21. The first-order valence-corrected chi connectivity index (χ1v) is 7.21. The Morgan fingerprint density at radius 2 is 1.48 bits per heavy atom. The van der Waals surface area contributed by atoms with Crippen molar-refractivity contribution in [3.05, 3.63) is 66.7 Å². The number of hydrogen-bond acceptors (Lipinski definition) is 1. The van der Waals surface area contributed by atoms with Crippen molar-refractivity contribution in [2.45, 2.75) is 6.42 Å². The minimum atomic E-state index is 0.216. The summed E-state index contributed by atoms with van der Waals surface area (Å²) < 4.78 is 0. The zero-order valence-electron chi connectivity index (χ0n) is 11.6. The molecule has 0 bridgehead atoms. The van der Waals surface area contributed by atoms with Crippen molar-refractivity contribution in [3.8, 4) is 11.1 Å². The summed E-state index contributed by atoms with van der Waals surface area (Å²) in [7, 11) is 0. The summed E-state index contributed by atoms with van der Waals surface area (Å²) in [4.78, 5) is 13.3. The number of hydrogen-bond donors (Lipinski definition) is 0. The van der Waals surface area contributed by atoms with Gasteiger partial charge in [0.1, 0.15) is 0 Å². The molecule has 3 aromatic rings. The Balaban J connectivity index is 1.69. The van der Waals surface area contributed by atoms with Crippen LogP contribution in [0.15, 0.2) is 66.7 Å². The van der Waals surface area contributed by atoms with Crippen molar-refractivity contribution in [1.82, 2.24) is 0 Å². The number of carbonyl (C=O) groups is 1. The summed E-state index contributed by atoms with van der Waals surface area (Å²) >= 11 is 0. The highest BCUT2D eigenvalue weighted by molar-refractivity contribution is 5.99. The molecule has 1 heterocycles. The maximum atomic E-state index is 11.5. The van der Waals surface area contributed by atoms with E-state index < -0.39 is 0 Å². The average Bonchev–Trinajstić information content (AvgIpc) is 2.54. The Hall–Kier alpha value is -2.61. The zero-order valence-corrected chi connectivity index (χ0v) is 11.6. The highest BCUT2D eigenvalue weighted by Crippen LogP contribution is 2.28. The van der Waals surface area contributed by atoms with Gasteiger partial charge in [-0.25, -0.2) is 0 Å². The predicted octanol–water partition coefficient (Wildman–Crippen LogP) is 4.24. The van der Waals surface area contributed by atoms with Gasteiger partial charge in [0.2, 0.25) is 5.91 Å². The maximum Gasteiger partial charge on any atom is 0.228 e. The van der Waals surface area contributed by atoms with E-state index in [9.17, 15) is 4.79 Å². The topological polar surface area (TPSA) is 20.3 Å². The molecule has 1 aliphatic heterocycles. The van der Waals surface area contributed by atoms with E-state index in [4.69, 9.17) is 0 Å². The molecule has 1 saturated heterocycles. The lowest BCUT2D eigenvalue weighted by Gasteiger charge is -2.30. The van der Waals surface area contributed by atoms with Crippen LogP contribution in [-0.2, 0) is 4.79 Å². The van der Waals surface area contributed by atoms with E-state index in [1.165, 1.54) is 21.9 Å². The van der Waals surface area contributed by atoms with Crippen LogP contribution in [0.3, 0.4) is 0 Å². The van der Waals surface area contributed by atoms with Gasteiger partial charge >= 0.3 is 0 Å². The molecule has 2 heteroatoms. The Morgan fingerprint density at radius 1 is 0.762 bits per heavy atom. The Labute approximate surface area is 123 Å². The van der Waals surface area contributed by atoms with Crippen molar-refractivity contribution in [1.29, 1.82) is 0 Å². The second-order valence-electron chi connectivity index (χ2n) is 5.40. The number of carbonyl (C=O) groups excluding carboxylic acids is 1. The van der Waals surface area contributed by atoms with Crippen molar-refractivity contribution in [3.63, 3.8) is 0 Å². The van der Waals surface area contributed by atoms with E-state index in [-0.39, 0.29) is 5.91 Å². The van der Waals surface area contributed by atoms with Crippen molar-refractivity contribution in [2.75, 3.05) is 11.4 Å². The molecule has 1 aliphatic rings. The minimum absolute atomic E-state index is 0.216. The second-order valence-corrected chi connectivity index (χ2v) is 5.40. The monoisotopic (exact) mass is 273 g/mol. The van der Waals surface area contributed by atoms with Crippen LogP contribution < -0.4 is 4.90 Å². The quantitative estimate of drug-likeness (QED) is 0.639. The normalized spacial score (nSPS) is 14.3. The minimum Gasteiger partial charge on any atom is -0.312 e. The lowest BCUT2D eigenvalue weighted by molar-refractivity contribution is -0.122. The van der Waals surface area contributed by atoms with Crippen LogP contribution >= 0.6 is 0 Å². The number of nitrogens with zero attached hydrogens (tertiary/aromatic N) is 1. The van der Waals surface area contributed by atoms with Crippen LogP contribution in [0.25, 0.3) is 21.9 Å². The Kier molecular flexibility index (Phi) is 2.74. The lowest BCUT2D eigenvalue weighted by Crippen LogP contribution is -2.43. The van der Waals surface area contributed by atoms with Crippen LogP contribution in [0.5, 0.6) is 0 Å². The van der Waals surface area contributed by atoms with Gasteiger partial charge in [-0.2, -0.15) is 0 Å². The molecule has 4 rings (SSSR count). The summed E-state index contributed by atoms with van der Waals surface area (Å²) in [5, 5.41) is 2.50. The van der Waals surface area contributed by atoms with Crippen LogP contribution in [0.1, 0.15) is 6.42 Å². The average molecular weight is 273 g/mol. The van der Waals surface area contributed by atoms with Crippen LogP contribution in [0.4, 0.5) is 5.69 Å². The molecule has 0 atom stereocenters. The van der Waals surface area contributed by atoms with Crippen molar-refractivity contribution in [2.24, 2.45) is 0 Å². The molecular formula is C19H15NO. The van der Waals surface area contributed by atoms with E-state index >= 15 is 0 Å². The molecule has 3 aromatic carbocycles. The molecule has 102 valence electrons. The van der Waals surface area contributed by atoms with Gasteiger partial charge in [-0.15, -0.1) is 0 Å². The lowest BCUT2D eigenvalue weighted by atomic mass is 10.0. The zero-order chi connectivity index (χ0) is 14.2. The molecule has 0 saturated carbocycles. The van der Waals surface area contributed by atoms with Gasteiger partial charge in [0, 0.05) is 18.7 Å². The summed E-state index contributed by atoms with van der Waals surface area (Å²) in [5.74, 6) is 0.216. The van der Waals surface area contributed by atoms with Crippen LogP contribution in [0.2, 0.25) is 0 Å². The van der Waals surface area contributed by atoms with Crippen LogP contribution in [-0.4, -0.2) is 12.5 Å². The first kappa shape index (κ1) is 12.2. The third-order valence-corrected chi connectivity index (χ3v) is 4.11. The summed E-state index contributed by atoms with van der Waals surface area (Å²) in [6.45, 7) is 0.841. The van der Waals surface area contributed by atoms with E-state index in [0.29, 0.717) is 6.42 Å². The molecule has 1 fully saturated rings. The van der Waals surface area contributed by atoms with Gasteiger partial charge in [0.25, 0.3) is 0 Å². The molecule has 0 N–H and O–H groups in total. The fourth-order valence-corrected chi connectivity index (χ4v) is 2.79. The molecule has 0 aliphatic carbocycles. The van der Waals surface area contributed by atoms with Gasteiger partial charge in [0.05, 0.1) is 0 Å². The highest BCUT2D eigenvalue weighted by Gasteiger charge is 2.24. The Bertz CT molecular complexity index is 820. The number of amides is 1. The van der Waals surface area contributed by atoms with Gasteiger partial charge in [0.15, 0.2) is 0 Å². The largest absolute Gasteiger partial charge is 0.312 e. The third kappa shape index (κ3) is 2.09. The number of fused-ring (bicyclic) bond motifs is 1. The smallest absolute Gasteiger partial charge is 0.228 e. The van der Waals surface area contributed by atoms with E-state index in [1.54, 1.807) is 0 Å². The predicted molar refractivity (Wildman–Crippen MR) is 86.4 cm³/mol. The van der Waals surface area contributed by atoms with Gasteiger partial charge < -0.3 is 4.90 Å². The SMILES string of the molecule is O=C1CCN1c1ccc(-c2ccc3ccccc3c2)cc1. The number of β-lactam (4-membered cyclic amide) rings is 1. The number of anilines is 1. The fourth-order valence-electron chi connectivity index (χ4n) is 2.79. The van der Waals surface area contributed by atoms with Gasteiger partial charge in [-0.1, -0.05) is 48.5 Å². The fraction of sp³-hybridized carbons (Fsp3) is 0.105. The van der Waals surface area contributed by atoms with E-state index in [1.807, 2.05) is 17.0 Å². The molecule has 0 spiro atoms. The number of benzene rings is 3.